The highest BCUT2D eigenvalue weighted by Gasteiger charge is 2.17. The van der Waals surface area contributed by atoms with E-state index in [9.17, 15) is 4.79 Å². The predicted molar refractivity (Wildman–Crippen MR) is 108 cm³/mol. The lowest BCUT2D eigenvalue weighted by atomic mass is 10.1. The summed E-state index contributed by atoms with van der Waals surface area (Å²) < 4.78 is 5.12. The zero-order valence-corrected chi connectivity index (χ0v) is 16.0. The summed E-state index contributed by atoms with van der Waals surface area (Å²) in [4.78, 5) is 25.5. The van der Waals surface area contributed by atoms with Gasteiger partial charge in [-0.2, -0.15) is 4.98 Å². The van der Waals surface area contributed by atoms with Crippen molar-refractivity contribution < 1.29 is 9.53 Å². The molecule has 0 radical (unpaired) electrons. The van der Waals surface area contributed by atoms with Crippen molar-refractivity contribution in [3.05, 3.63) is 30.5 Å². The van der Waals surface area contributed by atoms with Gasteiger partial charge in [-0.05, 0) is 43.5 Å². The Balaban J connectivity index is 1.71. The van der Waals surface area contributed by atoms with Gasteiger partial charge in [0.15, 0.2) is 5.82 Å². The van der Waals surface area contributed by atoms with Gasteiger partial charge in [-0.1, -0.05) is 0 Å². The van der Waals surface area contributed by atoms with Crippen LogP contribution in [0.5, 0.6) is 5.75 Å². The fraction of sp³-hybridized carbons (Fsp3) is 0.421. The van der Waals surface area contributed by atoms with E-state index in [0.717, 1.165) is 31.7 Å². The molecule has 2 amide bonds. The molecule has 1 aromatic heterocycles. The van der Waals surface area contributed by atoms with Crippen LogP contribution >= 0.6 is 0 Å². The molecule has 8 nitrogen and oxygen atoms in total. The number of ether oxygens (including phenoxy) is 1. The third-order valence-corrected chi connectivity index (χ3v) is 4.41. The van der Waals surface area contributed by atoms with Gasteiger partial charge in [-0.15, -0.1) is 0 Å². The molecular formula is C19H26N6O2. The lowest BCUT2D eigenvalue weighted by Crippen LogP contribution is -2.31. The van der Waals surface area contributed by atoms with Crippen LogP contribution in [0, 0.1) is 0 Å². The second-order valence-corrected chi connectivity index (χ2v) is 6.66. The molecule has 1 aromatic carbocycles. The van der Waals surface area contributed by atoms with Crippen molar-refractivity contribution in [2.45, 2.75) is 19.3 Å². The van der Waals surface area contributed by atoms with Gasteiger partial charge in [-0.25, -0.2) is 9.78 Å². The standard InChI is InChI=1S/C19H26N6O2/c1-24(2)17-16(13-20-18(23-17)25-11-5-4-6-12-25)22-19(26)21-14-7-9-15(27-3)10-8-14/h7-10,13H,4-6,11-12H2,1-3H3,(H2,21,22,26). The third-order valence-electron chi connectivity index (χ3n) is 4.41. The van der Waals surface area contributed by atoms with E-state index < -0.39 is 0 Å². The Labute approximate surface area is 159 Å². The molecule has 0 aliphatic carbocycles. The Kier molecular flexibility index (Phi) is 5.95. The van der Waals surface area contributed by atoms with Crippen molar-refractivity contribution in [2.75, 3.05) is 54.7 Å². The van der Waals surface area contributed by atoms with Crippen LogP contribution in [-0.2, 0) is 0 Å². The smallest absolute Gasteiger partial charge is 0.323 e. The third kappa shape index (κ3) is 4.78. The molecule has 2 N–H and O–H groups in total. The second-order valence-electron chi connectivity index (χ2n) is 6.66. The molecule has 8 heteroatoms. The summed E-state index contributed by atoms with van der Waals surface area (Å²) >= 11 is 0. The number of hydrogen-bond donors (Lipinski definition) is 2. The number of aromatic nitrogens is 2. The van der Waals surface area contributed by atoms with Crippen LogP contribution in [0.15, 0.2) is 30.5 Å². The van der Waals surface area contributed by atoms with Gasteiger partial charge in [0.25, 0.3) is 0 Å². The number of nitrogens with one attached hydrogen (secondary N) is 2. The fourth-order valence-electron chi connectivity index (χ4n) is 3.00. The fourth-order valence-corrected chi connectivity index (χ4v) is 3.00. The van der Waals surface area contributed by atoms with Crippen LogP contribution in [-0.4, -0.2) is 50.3 Å². The van der Waals surface area contributed by atoms with Crippen LogP contribution in [0.2, 0.25) is 0 Å². The number of hydrogen-bond acceptors (Lipinski definition) is 6. The summed E-state index contributed by atoms with van der Waals surface area (Å²) in [6, 6.07) is 6.79. The van der Waals surface area contributed by atoms with Gasteiger partial charge in [-0.3, -0.25) is 0 Å². The average Bonchev–Trinajstić information content (AvgIpc) is 2.69. The Morgan fingerprint density at radius 2 is 1.81 bits per heavy atom. The largest absolute Gasteiger partial charge is 0.497 e. The first kappa shape index (κ1) is 18.8. The lowest BCUT2D eigenvalue weighted by Gasteiger charge is -2.28. The molecule has 0 saturated carbocycles. The molecule has 144 valence electrons. The predicted octanol–water partition coefficient (Wildman–Crippen LogP) is 3.19. The van der Waals surface area contributed by atoms with E-state index in [1.54, 1.807) is 37.6 Å². The minimum Gasteiger partial charge on any atom is -0.497 e. The van der Waals surface area contributed by atoms with E-state index in [0.29, 0.717) is 23.1 Å². The van der Waals surface area contributed by atoms with Gasteiger partial charge in [0.05, 0.1) is 13.3 Å². The average molecular weight is 370 g/mol. The minimum atomic E-state index is -0.349. The maximum absolute atomic E-state index is 12.4. The number of carbonyl (C=O) groups is 1. The molecule has 0 bridgehead atoms. The van der Waals surface area contributed by atoms with E-state index in [4.69, 9.17) is 4.74 Å². The molecule has 1 saturated heterocycles. The molecule has 2 heterocycles. The highest BCUT2D eigenvalue weighted by molar-refractivity contribution is 6.01. The Hall–Kier alpha value is -3.03. The van der Waals surface area contributed by atoms with Gasteiger partial charge < -0.3 is 25.2 Å². The summed E-state index contributed by atoms with van der Waals surface area (Å²) in [5.74, 6) is 2.12. The number of piperidine rings is 1. The summed E-state index contributed by atoms with van der Waals surface area (Å²) in [5.41, 5.74) is 1.23. The molecule has 0 unspecified atom stereocenters. The molecule has 1 aliphatic rings. The molecular weight excluding hydrogens is 344 g/mol. The quantitative estimate of drug-likeness (QED) is 0.841. The van der Waals surface area contributed by atoms with Gasteiger partial charge in [0, 0.05) is 32.9 Å². The number of amides is 2. The zero-order valence-electron chi connectivity index (χ0n) is 16.0. The number of nitrogens with zero attached hydrogens (tertiary/aromatic N) is 4. The highest BCUT2D eigenvalue weighted by Crippen LogP contribution is 2.25. The Bertz CT molecular complexity index is 772. The van der Waals surface area contributed by atoms with Crippen molar-refractivity contribution in [3.8, 4) is 5.75 Å². The Morgan fingerprint density at radius 3 is 2.44 bits per heavy atom. The molecule has 27 heavy (non-hydrogen) atoms. The normalized spacial score (nSPS) is 13.8. The van der Waals surface area contributed by atoms with Crippen LogP contribution in [0.1, 0.15) is 19.3 Å². The molecule has 3 rings (SSSR count). The van der Waals surface area contributed by atoms with E-state index in [1.165, 1.54) is 6.42 Å². The summed E-state index contributed by atoms with van der Waals surface area (Å²) in [7, 11) is 5.40. The zero-order chi connectivity index (χ0) is 19.2. The van der Waals surface area contributed by atoms with E-state index in [-0.39, 0.29) is 6.03 Å². The second kappa shape index (κ2) is 8.57. The van der Waals surface area contributed by atoms with Crippen molar-refractivity contribution in [1.29, 1.82) is 0 Å². The van der Waals surface area contributed by atoms with Crippen LogP contribution in [0.3, 0.4) is 0 Å². The van der Waals surface area contributed by atoms with Crippen LogP contribution in [0.25, 0.3) is 0 Å². The first-order valence-electron chi connectivity index (χ1n) is 9.08. The summed E-state index contributed by atoms with van der Waals surface area (Å²) in [6.45, 7) is 1.94. The molecule has 2 aromatic rings. The number of urea groups is 1. The van der Waals surface area contributed by atoms with Crippen molar-refractivity contribution >= 4 is 29.2 Å². The van der Waals surface area contributed by atoms with Crippen LogP contribution in [0.4, 0.5) is 27.9 Å². The van der Waals surface area contributed by atoms with Gasteiger partial charge >= 0.3 is 6.03 Å². The number of rotatable bonds is 5. The topological polar surface area (TPSA) is 82.6 Å². The Morgan fingerprint density at radius 1 is 1.11 bits per heavy atom. The molecule has 0 spiro atoms. The van der Waals surface area contributed by atoms with Crippen molar-refractivity contribution in [3.63, 3.8) is 0 Å². The minimum absolute atomic E-state index is 0.349. The molecule has 0 atom stereocenters. The maximum Gasteiger partial charge on any atom is 0.323 e. The summed E-state index contributed by atoms with van der Waals surface area (Å²) in [6.07, 6.45) is 5.23. The highest BCUT2D eigenvalue weighted by atomic mass is 16.5. The number of anilines is 4. The number of benzene rings is 1. The first-order chi connectivity index (χ1) is 13.1. The first-order valence-corrected chi connectivity index (χ1v) is 9.08. The van der Waals surface area contributed by atoms with E-state index in [2.05, 4.69) is 25.5 Å². The molecule has 1 aliphatic heterocycles. The van der Waals surface area contributed by atoms with Crippen molar-refractivity contribution in [2.24, 2.45) is 0 Å². The van der Waals surface area contributed by atoms with Crippen LogP contribution < -0.4 is 25.2 Å². The van der Waals surface area contributed by atoms with E-state index in [1.807, 2.05) is 19.0 Å². The summed E-state index contributed by atoms with van der Waals surface area (Å²) in [5, 5.41) is 5.63. The molecule has 1 fully saturated rings. The van der Waals surface area contributed by atoms with E-state index >= 15 is 0 Å². The number of methoxy groups -OCH3 is 1. The lowest BCUT2D eigenvalue weighted by molar-refractivity contribution is 0.262. The SMILES string of the molecule is COc1ccc(NC(=O)Nc2cnc(N3CCCCC3)nc2N(C)C)cc1. The maximum atomic E-state index is 12.4. The monoisotopic (exact) mass is 370 g/mol. The van der Waals surface area contributed by atoms with Gasteiger partial charge in [0.2, 0.25) is 5.95 Å². The van der Waals surface area contributed by atoms with Gasteiger partial charge in [0.1, 0.15) is 11.4 Å². The number of carbonyl (C=O) groups excluding carboxylic acids is 1. The van der Waals surface area contributed by atoms with Crippen molar-refractivity contribution in [1.82, 2.24) is 9.97 Å².